The van der Waals surface area contributed by atoms with Crippen LogP contribution in [-0.2, 0) is 0 Å². The van der Waals surface area contributed by atoms with Crippen molar-refractivity contribution in [3.8, 4) is 45.3 Å². The summed E-state index contributed by atoms with van der Waals surface area (Å²) in [5, 5.41) is 4.42. The third-order valence-corrected chi connectivity index (χ3v) is 7.50. The van der Waals surface area contributed by atoms with Gasteiger partial charge >= 0.3 is 0 Å². The van der Waals surface area contributed by atoms with Crippen molar-refractivity contribution in [2.75, 3.05) is 0 Å². The van der Waals surface area contributed by atoms with E-state index in [1.54, 1.807) is 0 Å². The Balaban J connectivity index is 1.43. The molecule has 8 rings (SSSR count). The average Bonchev–Trinajstić information content (AvgIpc) is 3.43. The fraction of sp³-hybridized carbons (Fsp3) is 0. The summed E-state index contributed by atoms with van der Waals surface area (Å²) in [5.41, 5.74) is 6.56. The van der Waals surface area contributed by atoms with E-state index in [0.29, 0.717) is 17.5 Å². The highest BCUT2D eigenvalue weighted by atomic mass is 16.3. The molecule has 0 atom stereocenters. The molecule has 192 valence electrons. The molecule has 8 aromatic rings. The maximum Gasteiger partial charge on any atom is 0.164 e. The van der Waals surface area contributed by atoms with Crippen LogP contribution in [0.3, 0.4) is 0 Å². The number of nitrogens with zero attached hydrogens (tertiary/aromatic N) is 3. The zero-order valence-electron chi connectivity index (χ0n) is 22.0. The normalized spacial score (nSPS) is 11.4. The van der Waals surface area contributed by atoms with E-state index in [4.69, 9.17) is 19.4 Å². The fourth-order valence-electron chi connectivity index (χ4n) is 5.50. The summed E-state index contributed by atoms with van der Waals surface area (Å²) in [6, 6.07) is 47.5. The van der Waals surface area contributed by atoms with Crippen LogP contribution in [0.15, 0.2) is 144 Å². The average molecular weight is 526 g/mol. The molecule has 0 unspecified atom stereocenters. The van der Waals surface area contributed by atoms with Crippen LogP contribution < -0.4 is 0 Å². The number of aromatic nitrogens is 3. The molecular formula is C37H23N3O. The van der Waals surface area contributed by atoms with Gasteiger partial charge in [0.1, 0.15) is 11.2 Å². The van der Waals surface area contributed by atoms with Crippen molar-refractivity contribution in [3.63, 3.8) is 0 Å². The first kappa shape index (κ1) is 23.3. The first-order valence-electron chi connectivity index (χ1n) is 13.6. The van der Waals surface area contributed by atoms with Gasteiger partial charge in [-0.1, -0.05) is 115 Å². The van der Waals surface area contributed by atoms with Gasteiger partial charge < -0.3 is 4.42 Å². The number of benzene rings is 6. The van der Waals surface area contributed by atoms with Crippen LogP contribution in [0.25, 0.3) is 78.0 Å². The van der Waals surface area contributed by atoms with Crippen LogP contribution in [0, 0.1) is 0 Å². The number of rotatable bonds is 4. The molecule has 2 aromatic heterocycles. The zero-order chi connectivity index (χ0) is 27.2. The molecule has 0 N–H and O–H groups in total. The standard InChI is InChI=1S/C37H23N3O/c1-3-12-25(13-4-1)35-38-36(26-14-5-2-6-15-26)40-37(39-35)31-22-29(28-20-19-24-11-7-8-16-27(24)21-28)23-33-34(31)30-17-9-10-18-32(30)41-33/h1-23H. The Labute approximate surface area is 236 Å². The molecule has 4 heteroatoms. The van der Waals surface area contributed by atoms with Crippen LogP contribution in [0.4, 0.5) is 0 Å². The Morgan fingerprint density at radius 3 is 1.73 bits per heavy atom. The van der Waals surface area contributed by atoms with Crippen LogP contribution in [-0.4, -0.2) is 15.0 Å². The number of para-hydroxylation sites is 1. The summed E-state index contributed by atoms with van der Waals surface area (Å²) in [7, 11) is 0. The lowest BCUT2D eigenvalue weighted by molar-refractivity contribution is 0.669. The lowest BCUT2D eigenvalue weighted by Gasteiger charge is -2.11. The third-order valence-electron chi connectivity index (χ3n) is 7.50. The van der Waals surface area contributed by atoms with Crippen molar-refractivity contribution in [3.05, 3.63) is 140 Å². The topological polar surface area (TPSA) is 51.8 Å². The van der Waals surface area contributed by atoms with E-state index < -0.39 is 0 Å². The molecule has 0 radical (unpaired) electrons. The second-order valence-corrected chi connectivity index (χ2v) is 10.1. The van der Waals surface area contributed by atoms with Gasteiger partial charge in [-0.2, -0.15) is 0 Å². The van der Waals surface area contributed by atoms with Crippen molar-refractivity contribution < 1.29 is 4.42 Å². The Morgan fingerprint density at radius 1 is 0.390 bits per heavy atom. The highest BCUT2D eigenvalue weighted by molar-refractivity contribution is 6.13. The van der Waals surface area contributed by atoms with Gasteiger partial charge in [0.15, 0.2) is 17.5 Å². The predicted octanol–water partition coefficient (Wildman–Crippen LogP) is 9.59. The summed E-state index contributed by atoms with van der Waals surface area (Å²) in [6.45, 7) is 0. The molecule has 0 bridgehead atoms. The highest BCUT2D eigenvalue weighted by Crippen LogP contribution is 2.40. The Kier molecular flexibility index (Phi) is 5.42. The summed E-state index contributed by atoms with van der Waals surface area (Å²) < 4.78 is 6.42. The monoisotopic (exact) mass is 525 g/mol. The molecule has 0 fully saturated rings. The molecule has 0 spiro atoms. The van der Waals surface area contributed by atoms with E-state index in [1.165, 1.54) is 10.8 Å². The van der Waals surface area contributed by atoms with E-state index in [2.05, 4.69) is 60.7 Å². The smallest absolute Gasteiger partial charge is 0.164 e. The van der Waals surface area contributed by atoms with E-state index in [-0.39, 0.29) is 0 Å². The molecule has 0 saturated heterocycles. The summed E-state index contributed by atoms with van der Waals surface area (Å²) >= 11 is 0. The van der Waals surface area contributed by atoms with E-state index in [1.807, 2.05) is 78.9 Å². The molecule has 4 nitrogen and oxygen atoms in total. The Morgan fingerprint density at radius 2 is 1.00 bits per heavy atom. The van der Waals surface area contributed by atoms with Gasteiger partial charge in [-0.15, -0.1) is 0 Å². The molecule has 41 heavy (non-hydrogen) atoms. The predicted molar refractivity (Wildman–Crippen MR) is 166 cm³/mol. The second-order valence-electron chi connectivity index (χ2n) is 10.1. The third kappa shape index (κ3) is 4.14. The SMILES string of the molecule is c1ccc(-c2nc(-c3ccccc3)nc(-c3cc(-c4ccc5ccccc5c4)cc4oc5ccccc5c34)n2)cc1. The van der Waals surface area contributed by atoms with Gasteiger partial charge in [0.05, 0.1) is 0 Å². The summed E-state index contributed by atoms with van der Waals surface area (Å²) in [6.07, 6.45) is 0. The number of hydrogen-bond acceptors (Lipinski definition) is 4. The van der Waals surface area contributed by atoms with Crippen LogP contribution in [0.1, 0.15) is 0 Å². The van der Waals surface area contributed by atoms with Crippen molar-refractivity contribution >= 4 is 32.7 Å². The number of furan rings is 1. The van der Waals surface area contributed by atoms with E-state index in [0.717, 1.165) is 49.8 Å². The van der Waals surface area contributed by atoms with Crippen LogP contribution in [0.2, 0.25) is 0 Å². The first-order chi connectivity index (χ1) is 20.3. The summed E-state index contributed by atoms with van der Waals surface area (Å²) in [5.74, 6) is 1.87. The lowest BCUT2D eigenvalue weighted by atomic mass is 9.96. The minimum Gasteiger partial charge on any atom is -0.456 e. The minimum absolute atomic E-state index is 0.608. The molecule has 0 aliphatic rings. The first-order valence-corrected chi connectivity index (χ1v) is 13.6. The maximum atomic E-state index is 6.42. The molecule has 0 saturated carbocycles. The largest absolute Gasteiger partial charge is 0.456 e. The van der Waals surface area contributed by atoms with Crippen molar-refractivity contribution in [1.82, 2.24) is 15.0 Å². The minimum atomic E-state index is 0.608. The fourth-order valence-corrected chi connectivity index (χ4v) is 5.50. The second kappa shape index (κ2) is 9.54. The van der Waals surface area contributed by atoms with Gasteiger partial charge in [0.2, 0.25) is 0 Å². The van der Waals surface area contributed by atoms with Crippen molar-refractivity contribution in [2.45, 2.75) is 0 Å². The van der Waals surface area contributed by atoms with E-state index in [9.17, 15) is 0 Å². The van der Waals surface area contributed by atoms with Gasteiger partial charge in [-0.05, 0) is 46.2 Å². The molecule has 0 amide bonds. The molecule has 0 aliphatic carbocycles. The lowest BCUT2D eigenvalue weighted by Crippen LogP contribution is -2.00. The van der Waals surface area contributed by atoms with Crippen molar-refractivity contribution in [2.24, 2.45) is 0 Å². The molecule has 0 aliphatic heterocycles. The van der Waals surface area contributed by atoms with Crippen LogP contribution in [0.5, 0.6) is 0 Å². The van der Waals surface area contributed by atoms with Gasteiger partial charge in [0.25, 0.3) is 0 Å². The zero-order valence-corrected chi connectivity index (χ0v) is 22.0. The van der Waals surface area contributed by atoms with Crippen molar-refractivity contribution in [1.29, 1.82) is 0 Å². The molecule has 2 heterocycles. The maximum absolute atomic E-state index is 6.42. The Bertz CT molecular complexity index is 2140. The quantitative estimate of drug-likeness (QED) is 0.230. The van der Waals surface area contributed by atoms with E-state index >= 15 is 0 Å². The molecule has 6 aromatic carbocycles. The molecular weight excluding hydrogens is 502 g/mol. The Hall–Kier alpha value is -5.61. The van der Waals surface area contributed by atoms with Crippen LogP contribution >= 0.6 is 0 Å². The highest BCUT2D eigenvalue weighted by Gasteiger charge is 2.19. The van der Waals surface area contributed by atoms with Gasteiger partial charge in [0, 0.05) is 27.5 Å². The summed E-state index contributed by atoms with van der Waals surface area (Å²) in [4.78, 5) is 15.0. The number of fused-ring (bicyclic) bond motifs is 4. The van der Waals surface area contributed by atoms with Gasteiger partial charge in [-0.25, -0.2) is 15.0 Å². The van der Waals surface area contributed by atoms with Gasteiger partial charge in [-0.3, -0.25) is 0 Å². The number of hydrogen-bond donors (Lipinski definition) is 0.